The minimum absolute atomic E-state index is 0. The van der Waals surface area contributed by atoms with Gasteiger partial charge in [0.05, 0.1) is 12.5 Å². The summed E-state index contributed by atoms with van der Waals surface area (Å²) in [6.07, 6.45) is 4.89. The molecule has 0 heterocycles. The molecule has 1 rings (SSSR count). The van der Waals surface area contributed by atoms with E-state index < -0.39 is 30.4 Å². The molecule has 1 aliphatic rings. The number of carbonyl (C=O) groups is 4. The van der Waals surface area contributed by atoms with Crippen molar-refractivity contribution in [3.8, 4) is 0 Å². The van der Waals surface area contributed by atoms with E-state index >= 15 is 0 Å². The van der Waals surface area contributed by atoms with Crippen molar-refractivity contribution >= 4 is 47.9 Å². The highest BCUT2D eigenvalue weighted by Crippen LogP contribution is 2.28. The number of primary amides is 1. The van der Waals surface area contributed by atoms with Gasteiger partial charge in [-0.05, 0) is 50.0 Å². The zero-order valence-electron chi connectivity index (χ0n) is 16.0. The molecule has 0 aromatic heterocycles. The first-order valence-corrected chi connectivity index (χ1v) is 10.5. The van der Waals surface area contributed by atoms with Gasteiger partial charge in [-0.1, -0.05) is 0 Å². The Bertz CT molecular complexity index is 544. The molecular formula is C17H31ClN4O5S. The summed E-state index contributed by atoms with van der Waals surface area (Å²) in [5, 5.41) is 14.3. The van der Waals surface area contributed by atoms with Gasteiger partial charge in [0.2, 0.25) is 17.7 Å². The van der Waals surface area contributed by atoms with Crippen LogP contribution in [0.1, 0.15) is 38.5 Å². The number of carbonyl (C=O) groups excluding carboxylic acids is 3. The topological polar surface area (TPSA) is 165 Å². The van der Waals surface area contributed by atoms with E-state index in [0.717, 1.165) is 18.6 Å². The lowest BCUT2D eigenvalue weighted by atomic mass is 9.81. The number of aliphatic carboxylic acids is 1. The largest absolute Gasteiger partial charge is 0.480 e. The van der Waals surface area contributed by atoms with Crippen molar-refractivity contribution in [2.75, 3.05) is 18.6 Å². The third-order valence-electron chi connectivity index (χ3n) is 4.77. The van der Waals surface area contributed by atoms with Gasteiger partial charge in [0, 0.05) is 12.5 Å². The van der Waals surface area contributed by atoms with Crippen LogP contribution in [0.5, 0.6) is 0 Å². The molecule has 0 aromatic carbocycles. The summed E-state index contributed by atoms with van der Waals surface area (Å²) in [6.45, 7) is 0.527. The molecule has 9 nitrogen and oxygen atoms in total. The van der Waals surface area contributed by atoms with Crippen LogP contribution in [0.15, 0.2) is 0 Å². The predicted molar refractivity (Wildman–Crippen MR) is 110 cm³/mol. The fourth-order valence-corrected chi connectivity index (χ4v) is 3.56. The Hall–Kier alpha value is -1.52. The van der Waals surface area contributed by atoms with Crippen LogP contribution in [0.4, 0.5) is 0 Å². The molecule has 0 bridgehead atoms. The minimum atomic E-state index is -1.30. The Morgan fingerprint density at radius 2 is 1.79 bits per heavy atom. The second kappa shape index (κ2) is 13.6. The number of amides is 3. The zero-order chi connectivity index (χ0) is 20.4. The Balaban J connectivity index is 0.00000729. The molecule has 1 saturated carbocycles. The molecule has 11 heteroatoms. The zero-order valence-corrected chi connectivity index (χ0v) is 17.7. The van der Waals surface area contributed by atoms with Crippen molar-refractivity contribution in [2.45, 2.75) is 50.6 Å². The molecule has 0 radical (unpaired) electrons. The van der Waals surface area contributed by atoms with Crippen LogP contribution >= 0.6 is 24.2 Å². The summed E-state index contributed by atoms with van der Waals surface area (Å²) < 4.78 is 0. The quantitative estimate of drug-likeness (QED) is 0.299. The molecule has 0 aromatic rings. The van der Waals surface area contributed by atoms with Gasteiger partial charge in [0.1, 0.15) is 6.04 Å². The summed E-state index contributed by atoms with van der Waals surface area (Å²) in [5.41, 5.74) is 10.8. The van der Waals surface area contributed by atoms with E-state index in [-0.39, 0.29) is 36.1 Å². The molecule has 0 saturated heterocycles. The second-order valence-electron chi connectivity index (χ2n) is 6.92. The lowest BCUT2D eigenvalue weighted by Crippen LogP contribution is -2.46. The van der Waals surface area contributed by atoms with Crippen LogP contribution in [0.3, 0.4) is 0 Å². The number of thioether (sulfide) groups is 1. The molecular weight excluding hydrogens is 408 g/mol. The summed E-state index contributed by atoms with van der Waals surface area (Å²) in [6, 6.07) is -1.80. The number of hydrogen-bond acceptors (Lipinski definition) is 6. The van der Waals surface area contributed by atoms with Gasteiger partial charge < -0.3 is 27.2 Å². The van der Waals surface area contributed by atoms with E-state index in [4.69, 9.17) is 16.6 Å². The van der Waals surface area contributed by atoms with E-state index in [1.54, 1.807) is 11.8 Å². The lowest BCUT2D eigenvalue weighted by molar-refractivity contribution is -0.144. The highest BCUT2D eigenvalue weighted by Gasteiger charge is 2.30. The van der Waals surface area contributed by atoms with Crippen molar-refractivity contribution in [1.82, 2.24) is 10.6 Å². The smallest absolute Gasteiger partial charge is 0.326 e. The third-order valence-corrected chi connectivity index (χ3v) is 5.42. The van der Waals surface area contributed by atoms with Crippen LogP contribution in [-0.4, -0.2) is 59.4 Å². The fraction of sp³-hybridized carbons (Fsp3) is 0.765. The fourth-order valence-electron chi connectivity index (χ4n) is 3.07. The van der Waals surface area contributed by atoms with Gasteiger partial charge in [-0.15, -0.1) is 12.4 Å². The number of nitrogens with one attached hydrogen (secondary N) is 2. The van der Waals surface area contributed by atoms with Gasteiger partial charge in [0.15, 0.2) is 0 Å². The SMILES string of the molecule is CSCCC(N)C(=O)NCC1CCC(C(=O)NC(CC(N)=O)C(=O)O)CC1.Cl. The maximum Gasteiger partial charge on any atom is 0.326 e. The van der Waals surface area contributed by atoms with Gasteiger partial charge in [-0.3, -0.25) is 14.4 Å². The van der Waals surface area contributed by atoms with E-state index in [9.17, 15) is 19.2 Å². The first kappa shape index (κ1) is 26.5. The Labute approximate surface area is 175 Å². The molecule has 162 valence electrons. The van der Waals surface area contributed by atoms with Gasteiger partial charge in [-0.25, -0.2) is 4.79 Å². The normalized spacial score (nSPS) is 20.9. The molecule has 1 aliphatic carbocycles. The van der Waals surface area contributed by atoms with Gasteiger partial charge >= 0.3 is 5.97 Å². The van der Waals surface area contributed by atoms with Crippen LogP contribution < -0.4 is 22.1 Å². The van der Waals surface area contributed by atoms with E-state index in [1.165, 1.54) is 0 Å². The number of nitrogens with two attached hydrogens (primary N) is 2. The van der Waals surface area contributed by atoms with E-state index in [0.29, 0.717) is 25.8 Å². The van der Waals surface area contributed by atoms with Gasteiger partial charge in [-0.2, -0.15) is 11.8 Å². The number of hydrogen-bond donors (Lipinski definition) is 5. The van der Waals surface area contributed by atoms with Crippen LogP contribution in [0.25, 0.3) is 0 Å². The molecule has 0 spiro atoms. The summed E-state index contributed by atoms with van der Waals surface area (Å²) in [4.78, 5) is 46.2. The van der Waals surface area contributed by atoms with Crippen LogP contribution in [-0.2, 0) is 19.2 Å². The first-order chi connectivity index (χ1) is 12.7. The molecule has 2 atom stereocenters. The minimum Gasteiger partial charge on any atom is -0.480 e. The highest BCUT2D eigenvalue weighted by atomic mass is 35.5. The van der Waals surface area contributed by atoms with E-state index in [2.05, 4.69) is 10.6 Å². The molecule has 1 fully saturated rings. The van der Waals surface area contributed by atoms with Crippen LogP contribution in [0, 0.1) is 11.8 Å². The number of halogens is 1. The van der Waals surface area contributed by atoms with Crippen LogP contribution in [0.2, 0.25) is 0 Å². The molecule has 2 unspecified atom stereocenters. The Morgan fingerprint density at radius 3 is 2.29 bits per heavy atom. The molecule has 3 amide bonds. The molecule has 28 heavy (non-hydrogen) atoms. The number of carboxylic acid groups (broad SMARTS) is 1. The Kier molecular flexibility index (Phi) is 12.9. The van der Waals surface area contributed by atoms with Crippen molar-refractivity contribution in [1.29, 1.82) is 0 Å². The average molecular weight is 439 g/mol. The van der Waals surface area contributed by atoms with Crippen molar-refractivity contribution in [3.63, 3.8) is 0 Å². The average Bonchev–Trinajstić information content (AvgIpc) is 2.63. The molecule has 7 N–H and O–H groups in total. The second-order valence-corrected chi connectivity index (χ2v) is 7.91. The van der Waals surface area contributed by atoms with Gasteiger partial charge in [0.25, 0.3) is 0 Å². The lowest BCUT2D eigenvalue weighted by Gasteiger charge is -2.29. The summed E-state index contributed by atoms with van der Waals surface area (Å²) >= 11 is 1.65. The van der Waals surface area contributed by atoms with E-state index in [1.807, 2.05) is 6.26 Å². The highest BCUT2D eigenvalue weighted by molar-refractivity contribution is 7.98. The third kappa shape index (κ3) is 9.61. The monoisotopic (exact) mass is 438 g/mol. The maximum atomic E-state index is 12.2. The molecule has 0 aliphatic heterocycles. The first-order valence-electron chi connectivity index (χ1n) is 9.08. The Morgan fingerprint density at radius 1 is 1.18 bits per heavy atom. The number of carboxylic acids is 1. The predicted octanol–water partition coefficient (Wildman–Crippen LogP) is -0.144. The number of rotatable bonds is 11. The summed E-state index contributed by atoms with van der Waals surface area (Å²) in [7, 11) is 0. The summed E-state index contributed by atoms with van der Waals surface area (Å²) in [5.74, 6) is -1.77. The standard InChI is InChI=1S/C17H30N4O5S.ClH/c1-27-7-6-12(18)16(24)20-9-10-2-4-11(5-3-10)15(23)21-13(17(25)26)8-14(19)22;/h10-13H,2-9,18H2,1H3,(H2,19,22)(H,20,24)(H,21,23)(H,25,26);1H. The maximum absolute atomic E-state index is 12.2. The van der Waals surface area contributed by atoms with Crippen molar-refractivity contribution < 1.29 is 24.3 Å². The van der Waals surface area contributed by atoms with Crippen molar-refractivity contribution in [3.05, 3.63) is 0 Å². The van der Waals surface area contributed by atoms with Crippen molar-refractivity contribution in [2.24, 2.45) is 23.3 Å².